The number of hydrogen-bond acceptors (Lipinski definition) is 3. The molecule has 0 atom stereocenters. The maximum atomic E-state index is 11.6. The van der Waals surface area contributed by atoms with E-state index in [9.17, 15) is 4.79 Å². The van der Waals surface area contributed by atoms with Gasteiger partial charge in [0, 0.05) is 22.4 Å². The van der Waals surface area contributed by atoms with Crippen LogP contribution in [0.3, 0.4) is 0 Å². The molecule has 0 saturated carbocycles. The third kappa shape index (κ3) is 3.79. The fourth-order valence-electron chi connectivity index (χ4n) is 2.56. The van der Waals surface area contributed by atoms with Crippen molar-refractivity contribution in [2.45, 2.75) is 26.4 Å². The van der Waals surface area contributed by atoms with E-state index in [1.807, 2.05) is 51.1 Å². The summed E-state index contributed by atoms with van der Waals surface area (Å²) in [6.07, 6.45) is -0.433. The molecule has 1 heterocycles. The van der Waals surface area contributed by atoms with Crippen LogP contribution >= 0.6 is 0 Å². The third-order valence-corrected chi connectivity index (χ3v) is 3.52. The van der Waals surface area contributed by atoms with Gasteiger partial charge in [-0.25, -0.2) is 4.79 Å². The number of alkyl carbamates (subject to hydrolysis) is 1. The Hall–Kier alpha value is -2.69. The van der Waals surface area contributed by atoms with Crippen LogP contribution < -0.4 is 10.1 Å². The topological polar surface area (TPSA) is 63.4 Å². The lowest BCUT2D eigenvalue weighted by molar-refractivity contribution is 0.0520. The lowest BCUT2D eigenvalue weighted by atomic mass is 10.1. The summed E-state index contributed by atoms with van der Waals surface area (Å²) >= 11 is 0. The van der Waals surface area contributed by atoms with E-state index in [4.69, 9.17) is 9.47 Å². The molecule has 0 spiro atoms. The zero-order valence-electron chi connectivity index (χ0n) is 14.2. The van der Waals surface area contributed by atoms with Gasteiger partial charge in [0.05, 0.1) is 12.1 Å². The van der Waals surface area contributed by atoms with Crippen LogP contribution in [-0.2, 0) is 4.74 Å². The van der Waals surface area contributed by atoms with Gasteiger partial charge in [-0.15, -0.1) is 0 Å². The summed E-state index contributed by atoms with van der Waals surface area (Å²) in [5, 5.41) is 5.04. The van der Waals surface area contributed by atoms with Crippen molar-refractivity contribution in [3.05, 3.63) is 42.5 Å². The van der Waals surface area contributed by atoms with E-state index in [-0.39, 0.29) is 0 Å². The molecule has 0 saturated heterocycles. The largest absolute Gasteiger partial charge is 0.492 e. The maximum absolute atomic E-state index is 11.6. The number of nitrogens with one attached hydrogen (secondary N) is 2. The zero-order chi connectivity index (χ0) is 17.2. The van der Waals surface area contributed by atoms with Crippen LogP contribution in [0.2, 0.25) is 0 Å². The zero-order valence-corrected chi connectivity index (χ0v) is 14.2. The minimum Gasteiger partial charge on any atom is -0.492 e. The molecule has 0 aliphatic carbocycles. The van der Waals surface area contributed by atoms with Gasteiger partial charge in [0.1, 0.15) is 18.0 Å². The standard InChI is InChI=1S/C19H22N2O3/c1-19(2,3)24-18(22)20-10-11-23-13-8-9-15-14-6-4-5-7-16(14)21-17(15)12-13/h4-9,12,21H,10-11H2,1-3H3,(H,20,22). The Morgan fingerprint density at radius 2 is 1.83 bits per heavy atom. The highest BCUT2D eigenvalue weighted by atomic mass is 16.6. The molecule has 0 radical (unpaired) electrons. The molecule has 0 fully saturated rings. The average molecular weight is 326 g/mol. The first-order chi connectivity index (χ1) is 11.4. The Morgan fingerprint density at radius 1 is 1.08 bits per heavy atom. The minimum absolute atomic E-state index is 0.380. The minimum atomic E-state index is -0.494. The molecule has 3 rings (SSSR count). The summed E-state index contributed by atoms with van der Waals surface area (Å²) in [7, 11) is 0. The summed E-state index contributed by atoms with van der Waals surface area (Å²) < 4.78 is 10.9. The summed E-state index contributed by atoms with van der Waals surface area (Å²) in [6, 6.07) is 14.2. The Bertz CT molecular complexity index is 862. The Morgan fingerprint density at radius 3 is 2.62 bits per heavy atom. The smallest absolute Gasteiger partial charge is 0.407 e. The summed E-state index contributed by atoms with van der Waals surface area (Å²) in [5.41, 5.74) is 1.65. The number of H-pyrrole nitrogens is 1. The van der Waals surface area contributed by atoms with Crippen LogP contribution in [0, 0.1) is 0 Å². The first-order valence-corrected chi connectivity index (χ1v) is 8.02. The number of rotatable bonds is 4. The summed E-state index contributed by atoms with van der Waals surface area (Å²) in [4.78, 5) is 14.9. The second-order valence-electron chi connectivity index (χ2n) is 6.66. The maximum Gasteiger partial charge on any atom is 0.407 e. The number of benzene rings is 2. The predicted octanol–water partition coefficient (Wildman–Crippen LogP) is 4.22. The number of aromatic amines is 1. The monoisotopic (exact) mass is 326 g/mol. The van der Waals surface area contributed by atoms with E-state index >= 15 is 0 Å². The van der Waals surface area contributed by atoms with Crippen LogP contribution in [0.4, 0.5) is 4.79 Å². The predicted molar refractivity (Wildman–Crippen MR) is 95.5 cm³/mol. The van der Waals surface area contributed by atoms with E-state index < -0.39 is 11.7 Å². The van der Waals surface area contributed by atoms with Crippen molar-refractivity contribution in [1.82, 2.24) is 10.3 Å². The van der Waals surface area contributed by atoms with E-state index in [2.05, 4.69) is 22.4 Å². The van der Waals surface area contributed by atoms with E-state index in [1.54, 1.807) is 0 Å². The van der Waals surface area contributed by atoms with Gasteiger partial charge in [0.25, 0.3) is 0 Å². The quantitative estimate of drug-likeness (QED) is 0.705. The molecule has 2 N–H and O–H groups in total. The van der Waals surface area contributed by atoms with Crippen molar-refractivity contribution in [3.8, 4) is 5.75 Å². The van der Waals surface area contributed by atoms with Gasteiger partial charge < -0.3 is 19.8 Å². The molecular weight excluding hydrogens is 304 g/mol. The van der Waals surface area contributed by atoms with Crippen LogP contribution in [0.1, 0.15) is 20.8 Å². The van der Waals surface area contributed by atoms with Gasteiger partial charge >= 0.3 is 6.09 Å². The molecule has 0 aliphatic heterocycles. The average Bonchev–Trinajstić information content (AvgIpc) is 2.87. The molecule has 0 unspecified atom stereocenters. The van der Waals surface area contributed by atoms with E-state index in [0.717, 1.165) is 16.8 Å². The Balaban J connectivity index is 1.58. The van der Waals surface area contributed by atoms with Crippen LogP contribution in [0.15, 0.2) is 42.5 Å². The number of ether oxygens (including phenoxy) is 2. The SMILES string of the molecule is CC(C)(C)OC(=O)NCCOc1ccc2c(c1)[nH]c1ccccc12. The highest BCUT2D eigenvalue weighted by molar-refractivity contribution is 6.07. The van der Waals surface area contributed by atoms with Gasteiger partial charge in [-0.05, 0) is 39.0 Å². The third-order valence-electron chi connectivity index (χ3n) is 3.52. The molecule has 126 valence electrons. The second kappa shape index (κ2) is 6.43. The highest BCUT2D eigenvalue weighted by Crippen LogP contribution is 2.28. The van der Waals surface area contributed by atoms with Crippen LogP contribution in [0.25, 0.3) is 21.8 Å². The fraction of sp³-hybridized carbons (Fsp3) is 0.316. The van der Waals surface area contributed by atoms with Gasteiger partial charge in [0.15, 0.2) is 0 Å². The molecule has 1 amide bonds. The summed E-state index contributed by atoms with van der Waals surface area (Å²) in [6.45, 7) is 6.26. The number of fused-ring (bicyclic) bond motifs is 3. The molecule has 0 aliphatic rings. The number of para-hydroxylation sites is 1. The van der Waals surface area contributed by atoms with Crippen molar-refractivity contribution >= 4 is 27.9 Å². The lowest BCUT2D eigenvalue weighted by Gasteiger charge is -2.19. The van der Waals surface area contributed by atoms with Gasteiger partial charge in [-0.1, -0.05) is 18.2 Å². The van der Waals surface area contributed by atoms with Crippen molar-refractivity contribution in [2.75, 3.05) is 13.2 Å². The number of hydrogen-bond donors (Lipinski definition) is 2. The van der Waals surface area contributed by atoms with Crippen LogP contribution in [-0.4, -0.2) is 29.8 Å². The first kappa shape index (κ1) is 16.2. The molecule has 0 bridgehead atoms. The first-order valence-electron chi connectivity index (χ1n) is 8.02. The van der Waals surface area contributed by atoms with Gasteiger partial charge in [0.2, 0.25) is 0 Å². The fourth-order valence-corrected chi connectivity index (χ4v) is 2.56. The molecule has 5 heteroatoms. The number of aromatic nitrogens is 1. The number of carbonyl (C=O) groups excluding carboxylic acids is 1. The molecule has 5 nitrogen and oxygen atoms in total. The number of carbonyl (C=O) groups is 1. The van der Waals surface area contributed by atoms with Gasteiger partial charge in [-0.3, -0.25) is 0 Å². The van der Waals surface area contributed by atoms with E-state index in [0.29, 0.717) is 13.2 Å². The molecule has 1 aromatic heterocycles. The second-order valence-corrected chi connectivity index (χ2v) is 6.66. The Kier molecular flexibility index (Phi) is 4.34. The summed E-state index contributed by atoms with van der Waals surface area (Å²) in [5.74, 6) is 0.764. The highest BCUT2D eigenvalue weighted by Gasteiger charge is 2.15. The molecule has 2 aromatic carbocycles. The van der Waals surface area contributed by atoms with Gasteiger partial charge in [-0.2, -0.15) is 0 Å². The van der Waals surface area contributed by atoms with Crippen LogP contribution in [0.5, 0.6) is 5.75 Å². The van der Waals surface area contributed by atoms with E-state index in [1.165, 1.54) is 10.8 Å². The Labute approximate surface area is 140 Å². The lowest BCUT2D eigenvalue weighted by Crippen LogP contribution is -2.34. The molecule has 3 aromatic rings. The van der Waals surface area contributed by atoms with Crippen molar-refractivity contribution in [1.29, 1.82) is 0 Å². The molecular formula is C19H22N2O3. The normalized spacial score (nSPS) is 11.6. The van der Waals surface area contributed by atoms with Crippen molar-refractivity contribution < 1.29 is 14.3 Å². The molecule has 24 heavy (non-hydrogen) atoms. The number of amides is 1. The van der Waals surface area contributed by atoms with Crippen molar-refractivity contribution in [3.63, 3.8) is 0 Å². The van der Waals surface area contributed by atoms with Crippen molar-refractivity contribution in [2.24, 2.45) is 0 Å².